The highest BCUT2D eigenvalue weighted by Crippen LogP contribution is 2.44. The third-order valence-electron chi connectivity index (χ3n) is 8.11. The summed E-state index contributed by atoms with van der Waals surface area (Å²) < 4.78 is 5.47. The van der Waals surface area contributed by atoms with Crippen molar-refractivity contribution >= 4 is 35.3 Å². The van der Waals surface area contributed by atoms with E-state index in [1.54, 1.807) is 18.9 Å². The van der Waals surface area contributed by atoms with Crippen molar-refractivity contribution in [2.24, 2.45) is 5.92 Å². The van der Waals surface area contributed by atoms with Crippen LogP contribution in [0.4, 0.5) is 5.69 Å². The number of rotatable bonds is 4. The van der Waals surface area contributed by atoms with E-state index in [0.717, 1.165) is 55.1 Å². The van der Waals surface area contributed by atoms with Crippen molar-refractivity contribution in [1.29, 1.82) is 0 Å². The summed E-state index contributed by atoms with van der Waals surface area (Å²) >= 11 is 1.67. The molecule has 0 N–H and O–H groups in total. The molecule has 2 saturated heterocycles. The molecule has 0 spiro atoms. The maximum Gasteiger partial charge on any atom is 0.260 e. The Morgan fingerprint density at radius 2 is 1.92 bits per heavy atom. The van der Waals surface area contributed by atoms with Gasteiger partial charge in [0.05, 0.1) is 12.0 Å². The van der Waals surface area contributed by atoms with Gasteiger partial charge in [0.25, 0.3) is 5.91 Å². The Morgan fingerprint density at radius 1 is 1.11 bits per heavy atom. The molecule has 2 amide bonds. The summed E-state index contributed by atoms with van der Waals surface area (Å²) in [4.78, 5) is 34.0. The molecule has 196 valence electrons. The number of fused-ring (bicyclic) bond motifs is 1. The van der Waals surface area contributed by atoms with Gasteiger partial charge in [0, 0.05) is 61.2 Å². The molecule has 4 unspecified atom stereocenters. The van der Waals surface area contributed by atoms with E-state index < -0.39 is 0 Å². The number of hydrogen-bond donors (Lipinski definition) is 0. The lowest BCUT2D eigenvalue weighted by atomic mass is 9.83. The van der Waals surface area contributed by atoms with Gasteiger partial charge in [-0.2, -0.15) is 0 Å². The monoisotopic (exact) mass is 519 g/mol. The molecular formula is C30H37N3O3S. The topological polar surface area (TPSA) is 53.1 Å². The van der Waals surface area contributed by atoms with Crippen LogP contribution >= 0.6 is 11.8 Å². The first-order valence-electron chi connectivity index (χ1n) is 13.3. The molecule has 1 aliphatic carbocycles. The molecule has 2 heterocycles. The number of methoxy groups -OCH3 is 1. The zero-order chi connectivity index (χ0) is 26.1. The molecule has 3 aliphatic rings. The SMILES string of the molecule is COc1ccccc1/C=C1\SC2CCC(C(=O)N3CCN(c4cccc(C)c4)C(C)C3)CC2N(C)C1=O. The molecule has 2 aromatic rings. The summed E-state index contributed by atoms with van der Waals surface area (Å²) in [6, 6.07) is 16.7. The zero-order valence-corrected chi connectivity index (χ0v) is 23.0. The number of benzene rings is 2. The van der Waals surface area contributed by atoms with Gasteiger partial charge in [0.15, 0.2) is 0 Å². The Balaban J connectivity index is 1.23. The number of piperazine rings is 1. The van der Waals surface area contributed by atoms with Gasteiger partial charge in [0.1, 0.15) is 5.75 Å². The number of nitrogens with zero attached hydrogens (tertiary/aromatic N) is 3. The summed E-state index contributed by atoms with van der Waals surface area (Å²) in [5, 5.41) is 0.310. The Hall–Kier alpha value is -2.93. The number of amides is 2. The lowest BCUT2D eigenvalue weighted by molar-refractivity contribution is -0.139. The molecule has 0 aromatic heterocycles. The Morgan fingerprint density at radius 3 is 2.68 bits per heavy atom. The number of thioether (sulfide) groups is 1. The highest BCUT2D eigenvalue weighted by molar-refractivity contribution is 8.04. The van der Waals surface area contributed by atoms with Crippen LogP contribution in [0.5, 0.6) is 5.75 Å². The van der Waals surface area contributed by atoms with E-state index >= 15 is 0 Å². The van der Waals surface area contributed by atoms with E-state index in [0.29, 0.717) is 5.25 Å². The van der Waals surface area contributed by atoms with Crippen LogP contribution in [-0.2, 0) is 9.59 Å². The summed E-state index contributed by atoms with van der Waals surface area (Å²) in [6.07, 6.45) is 4.51. The third-order valence-corrected chi connectivity index (χ3v) is 9.51. The predicted octanol–water partition coefficient (Wildman–Crippen LogP) is 4.82. The van der Waals surface area contributed by atoms with Gasteiger partial charge >= 0.3 is 0 Å². The fourth-order valence-electron chi connectivity index (χ4n) is 6.06. The number of aryl methyl sites for hydroxylation is 1. The standard InChI is InChI=1S/C30H37N3O3S/c1-20-8-7-10-24(16-20)33-15-14-32(19-21(33)2)29(34)23-12-13-27-25(17-23)31(3)30(35)28(37-27)18-22-9-5-6-11-26(22)36-4/h5-11,16,18,21,23,25,27H,12-15,17,19H2,1-4H3/b28-18-. The predicted molar refractivity (Wildman–Crippen MR) is 151 cm³/mol. The van der Waals surface area contributed by atoms with Gasteiger partial charge in [-0.25, -0.2) is 0 Å². The van der Waals surface area contributed by atoms with E-state index in [1.807, 2.05) is 42.3 Å². The van der Waals surface area contributed by atoms with Crippen molar-refractivity contribution in [3.63, 3.8) is 0 Å². The minimum absolute atomic E-state index is 0.0189. The molecule has 2 aliphatic heterocycles. The van der Waals surface area contributed by atoms with Crippen LogP contribution in [0.15, 0.2) is 53.4 Å². The molecule has 4 atom stereocenters. The number of anilines is 1. The van der Waals surface area contributed by atoms with Crippen molar-refractivity contribution in [2.75, 3.05) is 38.7 Å². The maximum atomic E-state index is 13.6. The quantitative estimate of drug-likeness (QED) is 0.542. The van der Waals surface area contributed by atoms with Gasteiger partial charge in [-0.05, 0) is 62.9 Å². The van der Waals surface area contributed by atoms with Crippen LogP contribution in [0.2, 0.25) is 0 Å². The van der Waals surface area contributed by atoms with Crippen molar-refractivity contribution in [1.82, 2.24) is 9.80 Å². The van der Waals surface area contributed by atoms with Gasteiger partial charge in [-0.3, -0.25) is 9.59 Å². The van der Waals surface area contributed by atoms with Crippen molar-refractivity contribution in [3.05, 3.63) is 64.6 Å². The average molecular weight is 520 g/mol. The van der Waals surface area contributed by atoms with E-state index in [-0.39, 0.29) is 29.8 Å². The summed E-state index contributed by atoms with van der Waals surface area (Å²) in [5.74, 6) is 1.04. The fraction of sp³-hybridized carbons (Fsp3) is 0.467. The van der Waals surface area contributed by atoms with Crippen LogP contribution in [0, 0.1) is 12.8 Å². The number of likely N-dealkylation sites (N-methyl/N-ethyl adjacent to an activating group) is 1. The maximum absolute atomic E-state index is 13.6. The first-order chi connectivity index (χ1) is 17.9. The molecule has 2 aromatic carbocycles. The van der Waals surface area contributed by atoms with E-state index in [2.05, 4.69) is 47.9 Å². The van der Waals surface area contributed by atoms with Crippen LogP contribution < -0.4 is 9.64 Å². The third kappa shape index (κ3) is 5.24. The van der Waals surface area contributed by atoms with Crippen LogP contribution in [0.3, 0.4) is 0 Å². The van der Waals surface area contributed by atoms with Gasteiger partial charge in [0.2, 0.25) is 5.91 Å². The Kier molecular flexibility index (Phi) is 7.52. The highest BCUT2D eigenvalue weighted by Gasteiger charge is 2.44. The van der Waals surface area contributed by atoms with Gasteiger partial charge in [-0.15, -0.1) is 11.8 Å². The molecule has 6 nitrogen and oxygen atoms in total. The molecule has 0 radical (unpaired) electrons. The summed E-state index contributed by atoms with van der Waals surface area (Å²) in [5.41, 5.74) is 3.40. The smallest absolute Gasteiger partial charge is 0.260 e. The lowest BCUT2D eigenvalue weighted by Crippen LogP contribution is -2.57. The van der Waals surface area contributed by atoms with Gasteiger partial charge in [-0.1, -0.05) is 30.3 Å². The average Bonchev–Trinajstić information content (AvgIpc) is 2.91. The number of para-hydroxylation sites is 1. The second kappa shape index (κ2) is 10.8. The van der Waals surface area contributed by atoms with E-state index in [1.165, 1.54) is 11.3 Å². The molecule has 3 fully saturated rings. The van der Waals surface area contributed by atoms with E-state index in [4.69, 9.17) is 4.74 Å². The van der Waals surface area contributed by atoms with Crippen LogP contribution in [0.25, 0.3) is 6.08 Å². The molecular weight excluding hydrogens is 482 g/mol. The number of ether oxygens (including phenoxy) is 1. The summed E-state index contributed by atoms with van der Waals surface area (Å²) in [7, 11) is 3.54. The van der Waals surface area contributed by atoms with Crippen LogP contribution in [0.1, 0.15) is 37.3 Å². The molecule has 1 saturated carbocycles. The first kappa shape index (κ1) is 25.7. The first-order valence-corrected chi connectivity index (χ1v) is 14.1. The van der Waals surface area contributed by atoms with E-state index in [9.17, 15) is 9.59 Å². The number of hydrogen-bond acceptors (Lipinski definition) is 5. The van der Waals surface area contributed by atoms with Crippen LogP contribution in [-0.4, -0.2) is 72.7 Å². The molecule has 5 rings (SSSR count). The number of carbonyl (C=O) groups is 2. The second-order valence-corrected chi connectivity index (χ2v) is 11.8. The molecule has 37 heavy (non-hydrogen) atoms. The minimum Gasteiger partial charge on any atom is -0.496 e. The lowest BCUT2D eigenvalue weighted by Gasteiger charge is -2.46. The van der Waals surface area contributed by atoms with Crippen molar-refractivity contribution in [2.45, 2.75) is 50.4 Å². The second-order valence-electron chi connectivity index (χ2n) is 10.6. The van der Waals surface area contributed by atoms with Gasteiger partial charge < -0.3 is 19.4 Å². The Bertz CT molecular complexity index is 1200. The largest absolute Gasteiger partial charge is 0.496 e. The molecule has 0 bridgehead atoms. The zero-order valence-electron chi connectivity index (χ0n) is 22.2. The number of carbonyl (C=O) groups excluding carboxylic acids is 2. The highest BCUT2D eigenvalue weighted by atomic mass is 32.2. The summed E-state index contributed by atoms with van der Waals surface area (Å²) in [6.45, 7) is 6.66. The van der Waals surface area contributed by atoms with Crippen molar-refractivity contribution < 1.29 is 14.3 Å². The minimum atomic E-state index is -0.0189. The fourth-order valence-corrected chi connectivity index (χ4v) is 7.53. The van der Waals surface area contributed by atoms with Crippen molar-refractivity contribution in [3.8, 4) is 5.75 Å². The molecule has 7 heteroatoms. The Labute approximate surface area is 224 Å². The normalized spacial score (nSPS) is 27.3.